The smallest absolute Gasteiger partial charge is 0.327 e. The fourth-order valence-corrected chi connectivity index (χ4v) is 4.93. The molecule has 5 rings (SSSR count). The molecule has 1 unspecified atom stereocenters. The number of aromatic nitrogens is 2. The Labute approximate surface area is 178 Å². The van der Waals surface area contributed by atoms with E-state index >= 15 is 0 Å². The van der Waals surface area contributed by atoms with Gasteiger partial charge in [-0.1, -0.05) is 72.8 Å². The SMILES string of the molecule is O=S(c1ncc(C(F)(F)F)[nH]1)c1ccc2ccccc2c1-c1cccc2ccccc12. The Kier molecular flexibility index (Phi) is 4.63. The maximum Gasteiger partial charge on any atom is 0.432 e. The molecule has 154 valence electrons. The summed E-state index contributed by atoms with van der Waals surface area (Å²) < 4.78 is 52.5. The highest BCUT2D eigenvalue weighted by Gasteiger charge is 2.34. The fourth-order valence-electron chi connectivity index (χ4n) is 3.77. The van der Waals surface area contributed by atoms with Crippen molar-refractivity contribution in [1.82, 2.24) is 9.97 Å². The summed E-state index contributed by atoms with van der Waals surface area (Å²) in [6, 6.07) is 24.9. The molecule has 0 spiro atoms. The average molecular weight is 436 g/mol. The second kappa shape index (κ2) is 7.35. The molecule has 31 heavy (non-hydrogen) atoms. The zero-order chi connectivity index (χ0) is 21.6. The Hall–Kier alpha value is -3.45. The molecule has 3 nitrogen and oxygen atoms in total. The third-order valence-electron chi connectivity index (χ3n) is 5.18. The molecule has 1 heterocycles. The van der Waals surface area contributed by atoms with Gasteiger partial charge in [-0.25, -0.2) is 9.19 Å². The second-order valence-electron chi connectivity index (χ2n) is 7.06. The number of alkyl halides is 3. The van der Waals surface area contributed by atoms with Gasteiger partial charge in [-0.15, -0.1) is 0 Å². The molecule has 0 amide bonds. The molecule has 0 fully saturated rings. The predicted octanol–water partition coefficient (Wildman–Crippen LogP) is 6.57. The first-order chi connectivity index (χ1) is 14.9. The van der Waals surface area contributed by atoms with Crippen molar-refractivity contribution in [3.8, 4) is 11.1 Å². The fraction of sp³-hybridized carbons (Fsp3) is 0.0417. The van der Waals surface area contributed by atoms with Gasteiger partial charge in [-0.2, -0.15) is 13.2 Å². The van der Waals surface area contributed by atoms with E-state index in [0.29, 0.717) is 11.1 Å². The Morgan fingerprint density at radius 1 is 0.774 bits per heavy atom. The molecule has 0 bridgehead atoms. The van der Waals surface area contributed by atoms with E-state index in [2.05, 4.69) is 9.97 Å². The molecule has 0 radical (unpaired) electrons. The summed E-state index contributed by atoms with van der Waals surface area (Å²) in [5, 5.41) is 3.56. The lowest BCUT2D eigenvalue weighted by molar-refractivity contribution is -0.141. The number of hydrogen-bond acceptors (Lipinski definition) is 2. The van der Waals surface area contributed by atoms with Gasteiger partial charge in [0.25, 0.3) is 0 Å². The molecule has 0 aliphatic rings. The van der Waals surface area contributed by atoms with Crippen LogP contribution in [0.5, 0.6) is 0 Å². The standard InChI is InChI=1S/C24H15F3N2OS/c25-24(26,27)21-14-28-23(29-21)31(30)20-13-12-16-7-2-4-10-18(16)22(20)19-11-5-8-15-6-1-3-9-17(15)19/h1-14H,(H,28,29). The van der Waals surface area contributed by atoms with Crippen molar-refractivity contribution in [2.45, 2.75) is 16.2 Å². The first kappa shape index (κ1) is 19.5. The molecule has 0 aliphatic carbocycles. The third-order valence-corrected chi connectivity index (χ3v) is 6.48. The minimum atomic E-state index is -4.59. The first-order valence-electron chi connectivity index (χ1n) is 9.47. The normalized spacial score (nSPS) is 13.0. The summed E-state index contributed by atoms with van der Waals surface area (Å²) >= 11 is 0. The topological polar surface area (TPSA) is 45.8 Å². The number of benzene rings is 4. The van der Waals surface area contributed by atoms with Gasteiger partial charge in [0, 0.05) is 5.56 Å². The number of H-pyrrole nitrogens is 1. The largest absolute Gasteiger partial charge is 0.432 e. The van der Waals surface area contributed by atoms with Crippen LogP contribution in [0.1, 0.15) is 5.69 Å². The van der Waals surface area contributed by atoms with E-state index in [1.165, 1.54) is 0 Å². The molecule has 1 aromatic heterocycles. The average Bonchev–Trinajstić information content (AvgIpc) is 3.28. The van der Waals surface area contributed by atoms with Crippen LogP contribution in [0.3, 0.4) is 0 Å². The van der Waals surface area contributed by atoms with E-state index in [1.54, 1.807) is 6.07 Å². The van der Waals surface area contributed by atoms with Gasteiger partial charge in [-0.3, -0.25) is 0 Å². The van der Waals surface area contributed by atoms with E-state index < -0.39 is 22.7 Å². The van der Waals surface area contributed by atoms with E-state index in [1.807, 2.05) is 72.8 Å². The van der Waals surface area contributed by atoms with Crippen LogP contribution in [-0.2, 0) is 17.0 Å². The van der Waals surface area contributed by atoms with Gasteiger partial charge in [0.1, 0.15) is 16.5 Å². The molecule has 1 N–H and O–H groups in total. The van der Waals surface area contributed by atoms with Crippen molar-refractivity contribution in [3.63, 3.8) is 0 Å². The summed E-state index contributed by atoms with van der Waals surface area (Å²) in [7, 11) is -1.94. The number of nitrogens with zero attached hydrogens (tertiary/aromatic N) is 1. The number of hydrogen-bond donors (Lipinski definition) is 1. The molecule has 4 aromatic carbocycles. The van der Waals surface area contributed by atoms with Gasteiger partial charge in [0.2, 0.25) is 5.16 Å². The maximum absolute atomic E-state index is 13.4. The third kappa shape index (κ3) is 3.41. The zero-order valence-electron chi connectivity index (χ0n) is 16.0. The maximum atomic E-state index is 13.4. The van der Waals surface area contributed by atoms with E-state index in [0.717, 1.165) is 32.7 Å². The van der Waals surface area contributed by atoms with Crippen LogP contribution in [0, 0.1) is 0 Å². The molecule has 7 heteroatoms. The predicted molar refractivity (Wildman–Crippen MR) is 115 cm³/mol. The van der Waals surface area contributed by atoms with Crippen molar-refractivity contribution < 1.29 is 17.4 Å². The number of halogens is 3. The van der Waals surface area contributed by atoms with Crippen molar-refractivity contribution >= 4 is 32.3 Å². The molecular formula is C24H15F3N2OS. The van der Waals surface area contributed by atoms with Crippen LogP contribution in [0.2, 0.25) is 0 Å². The van der Waals surface area contributed by atoms with Gasteiger partial charge >= 0.3 is 6.18 Å². The number of nitrogens with one attached hydrogen (secondary N) is 1. The van der Waals surface area contributed by atoms with Crippen LogP contribution in [0.4, 0.5) is 13.2 Å². The summed E-state index contributed by atoms with van der Waals surface area (Å²) in [6.45, 7) is 0. The van der Waals surface area contributed by atoms with Crippen LogP contribution in [0.25, 0.3) is 32.7 Å². The van der Waals surface area contributed by atoms with Crippen LogP contribution >= 0.6 is 0 Å². The molecule has 5 aromatic rings. The van der Waals surface area contributed by atoms with Crippen molar-refractivity contribution in [2.75, 3.05) is 0 Å². The number of imidazole rings is 1. The quantitative estimate of drug-likeness (QED) is 0.348. The second-order valence-corrected chi connectivity index (χ2v) is 8.42. The van der Waals surface area contributed by atoms with Crippen LogP contribution in [-0.4, -0.2) is 14.2 Å². The van der Waals surface area contributed by atoms with E-state index in [4.69, 9.17) is 0 Å². The summed E-state index contributed by atoms with van der Waals surface area (Å²) in [5.41, 5.74) is 0.558. The van der Waals surface area contributed by atoms with Crippen molar-refractivity contribution in [2.24, 2.45) is 0 Å². The minimum absolute atomic E-state index is 0.232. The number of aromatic amines is 1. The molecular weight excluding hydrogens is 421 g/mol. The van der Waals surface area contributed by atoms with Crippen LogP contribution < -0.4 is 0 Å². The van der Waals surface area contributed by atoms with Crippen molar-refractivity contribution in [3.05, 3.63) is 90.8 Å². The Morgan fingerprint density at radius 3 is 2.13 bits per heavy atom. The molecule has 1 atom stereocenters. The van der Waals surface area contributed by atoms with Gasteiger partial charge in [0.15, 0.2) is 0 Å². The monoisotopic (exact) mass is 436 g/mol. The Bertz CT molecular complexity index is 1450. The highest BCUT2D eigenvalue weighted by atomic mass is 32.2. The van der Waals surface area contributed by atoms with Crippen molar-refractivity contribution in [1.29, 1.82) is 0 Å². The minimum Gasteiger partial charge on any atom is -0.327 e. The zero-order valence-corrected chi connectivity index (χ0v) is 16.8. The van der Waals surface area contributed by atoms with Gasteiger partial charge in [-0.05, 0) is 33.2 Å². The highest BCUT2D eigenvalue weighted by molar-refractivity contribution is 7.85. The molecule has 0 aliphatic heterocycles. The number of fused-ring (bicyclic) bond motifs is 2. The first-order valence-corrected chi connectivity index (χ1v) is 10.6. The molecule has 0 saturated carbocycles. The lowest BCUT2D eigenvalue weighted by Gasteiger charge is -2.15. The lowest BCUT2D eigenvalue weighted by Crippen LogP contribution is -2.06. The Morgan fingerprint density at radius 2 is 1.42 bits per heavy atom. The lowest BCUT2D eigenvalue weighted by atomic mass is 9.94. The molecule has 0 saturated heterocycles. The van der Waals surface area contributed by atoms with Gasteiger partial charge < -0.3 is 4.98 Å². The summed E-state index contributed by atoms with van der Waals surface area (Å²) in [5.74, 6) is 0. The Balaban J connectivity index is 1.79. The van der Waals surface area contributed by atoms with E-state index in [9.17, 15) is 17.4 Å². The number of rotatable bonds is 3. The summed E-state index contributed by atoms with van der Waals surface area (Å²) in [4.78, 5) is 6.34. The highest BCUT2D eigenvalue weighted by Crippen LogP contribution is 2.39. The summed E-state index contributed by atoms with van der Waals surface area (Å²) in [6.07, 6.45) is -3.91. The van der Waals surface area contributed by atoms with Crippen LogP contribution in [0.15, 0.2) is 95.1 Å². The van der Waals surface area contributed by atoms with Gasteiger partial charge in [0.05, 0.1) is 11.1 Å². The van der Waals surface area contributed by atoms with E-state index in [-0.39, 0.29) is 5.16 Å².